The molecule has 0 heterocycles. The number of carbonyl (C=O) groups is 1. The van der Waals surface area contributed by atoms with Crippen molar-refractivity contribution in [3.63, 3.8) is 0 Å². The summed E-state index contributed by atoms with van der Waals surface area (Å²) in [4.78, 5) is 10.7. The molecule has 0 unspecified atom stereocenters. The SMILES string of the molecule is COC(=O)CCCC=C1C=CC=C1. The summed E-state index contributed by atoms with van der Waals surface area (Å²) in [6, 6.07) is 0. The molecular formula is C11H14O2. The van der Waals surface area contributed by atoms with Crippen LogP contribution in [-0.2, 0) is 9.53 Å². The van der Waals surface area contributed by atoms with Crippen molar-refractivity contribution in [2.75, 3.05) is 7.11 Å². The third kappa shape index (κ3) is 3.74. The molecule has 0 aliphatic heterocycles. The summed E-state index contributed by atoms with van der Waals surface area (Å²) in [6.07, 6.45) is 12.5. The first kappa shape index (κ1) is 9.78. The average Bonchev–Trinajstić information content (AvgIpc) is 2.64. The van der Waals surface area contributed by atoms with Crippen LogP contribution in [0.1, 0.15) is 19.3 Å². The van der Waals surface area contributed by atoms with E-state index in [4.69, 9.17) is 0 Å². The first-order valence-corrected chi connectivity index (χ1v) is 4.44. The van der Waals surface area contributed by atoms with Gasteiger partial charge in [-0.15, -0.1) is 0 Å². The van der Waals surface area contributed by atoms with Crippen LogP contribution in [0.4, 0.5) is 0 Å². The number of methoxy groups -OCH3 is 1. The highest BCUT2D eigenvalue weighted by molar-refractivity contribution is 5.69. The Morgan fingerprint density at radius 2 is 2.15 bits per heavy atom. The molecule has 0 fully saturated rings. The number of allylic oxidation sites excluding steroid dienone is 6. The second-order valence-electron chi connectivity index (χ2n) is 2.89. The second kappa shape index (κ2) is 5.36. The lowest BCUT2D eigenvalue weighted by molar-refractivity contribution is -0.140. The van der Waals surface area contributed by atoms with Gasteiger partial charge in [0.05, 0.1) is 7.11 Å². The number of ether oxygens (including phenoxy) is 1. The van der Waals surface area contributed by atoms with Crippen LogP contribution in [0.5, 0.6) is 0 Å². The Morgan fingerprint density at radius 3 is 2.77 bits per heavy atom. The lowest BCUT2D eigenvalue weighted by Gasteiger charge is -1.96. The van der Waals surface area contributed by atoms with Crippen LogP contribution in [0.25, 0.3) is 0 Å². The smallest absolute Gasteiger partial charge is 0.305 e. The zero-order valence-electron chi connectivity index (χ0n) is 7.82. The van der Waals surface area contributed by atoms with Gasteiger partial charge in [-0.2, -0.15) is 0 Å². The number of hydrogen-bond donors (Lipinski definition) is 0. The van der Waals surface area contributed by atoms with E-state index in [1.165, 1.54) is 12.7 Å². The first-order valence-electron chi connectivity index (χ1n) is 4.44. The van der Waals surface area contributed by atoms with Gasteiger partial charge in [-0.05, 0) is 18.4 Å². The summed E-state index contributed by atoms with van der Waals surface area (Å²) in [5.41, 5.74) is 1.23. The maximum Gasteiger partial charge on any atom is 0.305 e. The largest absolute Gasteiger partial charge is 0.469 e. The average molecular weight is 178 g/mol. The minimum absolute atomic E-state index is 0.129. The molecule has 13 heavy (non-hydrogen) atoms. The van der Waals surface area contributed by atoms with Crippen molar-refractivity contribution in [1.29, 1.82) is 0 Å². The molecule has 2 heteroatoms. The van der Waals surface area contributed by atoms with Crippen LogP contribution in [-0.4, -0.2) is 13.1 Å². The van der Waals surface area contributed by atoms with Gasteiger partial charge in [0.15, 0.2) is 0 Å². The third-order valence-electron chi connectivity index (χ3n) is 1.88. The Balaban J connectivity index is 2.14. The van der Waals surface area contributed by atoms with E-state index >= 15 is 0 Å². The standard InChI is InChI=1S/C11H14O2/c1-13-11(12)9-5-4-8-10-6-2-3-7-10/h2-3,6-8H,4-5,9H2,1H3. The normalized spacial score (nSPS) is 13.5. The molecule has 0 aromatic rings. The highest BCUT2D eigenvalue weighted by Gasteiger charge is 1.98. The van der Waals surface area contributed by atoms with Gasteiger partial charge in [0.25, 0.3) is 0 Å². The van der Waals surface area contributed by atoms with Gasteiger partial charge in [0.1, 0.15) is 0 Å². The highest BCUT2D eigenvalue weighted by Crippen LogP contribution is 2.09. The summed E-state index contributed by atoms with van der Waals surface area (Å²) in [5.74, 6) is -0.129. The summed E-state index contributed by atoms with van der Waals surface area (Å²) >= 11 is 0. The van der Waals surface area contributed by atoms with E-state index in [2.05, 4.69) is 23.0 Å². The number of carbonyl (C=O) groups excluding carboxylic acids is 1. The number of hydrogen-bond acceptors (Lipinski definition) is 2. The monoisotopic (exact) mass is 178 g/mol. The Bertz CT molecular complexity index is 245. The fourth-order valence-corrected chi connectivity index (χ4v) is 1.14. The lowest BCUT2D eigenvalue weighted by Crippen LogP contribution is -1.98. The molecule has 0 atom stereocenters. The lowest BCUT2D eigenvalue weighted by atomic mass is 10.2. The van der Waals surface area contributed by atoms with E-state index in [1.54, 1.807) is 0 Å². The van der Waals surface area contributed by atoms with Crippen molar-refractivity contribution in [2.45, 2.75) is 19.3 Å². The molecule has 70 valence electrons. The molecule has 1 aliphatic carbocycles. The topological polar surface area (TPSA) is 26.3 Å². The Hall–Kier alpha value is -1.31. The minimum atomic E-state index is -0.129. The predicted molar refractivity (Wildman–Crippen MR) is 52.2 cm³/mol. The molecule has 0 aromatic carbocycles. The quantitative estimate of drug-likeness (QED) is 0.488. The zero-order chi connectivity index (χ0) is 9.52. The van der Waals surface area contributed by atoms with Gasteiger partial charge in [-0.1, -0.05) is 30.4 Å². The molecular weight excluding hydrogens is 164 g/mol. The van der Waals surface area contributed by atoms with Gasteiger partial charge >= 0.3 is 5.97 Å². The first-order chi connectivity index (χ1) is 6.33. The van der Waals surface area contributed by atoms with E-state index < -0.39 is 0 Å². The van der Waals surface area contributed by atoms with Gasteiger partial charge in [0, 0.05) is 6.42 Å². The van der Waals surface area contributed by atoms with E-state index in [1.807, 2.05) is 12.2 Å². The maximum absolute atomic E-state index is 10.7. The maximum atomic E-state index is 10.7. The van der Waals surface area contributed by atoms with Gasteiger partial charge in [-0.3, -0.25) is 4.79 Å². The molecule has 0 spiro atoms. The van der Waals surface area contributed by atoms with Gasteiger partial charge in [0.2, 0.25) is 0 Å². The fraction of sp³-hybridized carbons (Fsp3) is 0.364. The van der Waals surface area contributed by atoms with Crippen molar-refractivity contribution in [3.8, 4) is 0 Å². The van der Waals surface area contributed by atoms with Crippen LogP contribution in [0.2, 0.25) is 0 Å². The third-order valence-corrected chi connectivity index (χ3v) is 1.88. The summed E-state index contributed by atoms with van der Waals surface area (Å²) < 4.78 is 4.53. The fourth-order valence-electron chi connectivity index (χ4n) is 1.14. The van der Waals surface area contributed by atoms with Crippen LogP contribution >= 0.6 is 0 Å². The van der Waals surface area contributed by atoms with Crippen molar-refractivity contribution in [1.82, 2.24) is 0 Å². The molecule has 1 aliphatic rings. The van der Waals surface area contributed by atoms with E-state index in [-0.39, 0.29) is 5.97 Å². The summed E-state index contributed by atoms with van der Waals surface area (Å²) in [7, 11) is 1.42. The molecule has 2 nitrogen and oxygen atoms in total. The molecule has 0 saturated carbocycles. The number of esters is 1. The van der Waals surface area contributed by atoms with E-state index in [0.717, 1.165) is 12.8 Å². The van der Waals surface area contributed by atoms with Crippen LogP contribution in [0.15, 0.2) is 36.0 Å². The predicted octanol–water partition coefficient (Wildman–Crippen LogP) is 2.38. The van der Waals surface area contributed by atoms with E-state index in [9.17, 15) is 4.79 Å². The molecule has 0 aromatic heterocycles. The van der Waals surface area contributed by atoms with Crippen LogP contribution in [0, 0.1) is 0 Å². The minimum Gasteiger partial charge on any atom is -0.469 e. The number of unbranched alkanes of at least 4 members (excludes halogenated alkanes) is 1. The molecule has 0 N–H and O–H groups in total. The van der Waals surface area contributed by atoms with Crippen LogP contribution < -0.4 is 0 Å². The zero-order valence-corrected chi connectivity index (χ0v) is 7.82. The molecule has 1 rings (SSSR count). The van der Waals surface area contributed by atoms with Gasteiger partial charge < -0.3 is 4.74 Å². The molecule has 0 bridgehead atoms. The number of rotatable bonds is 4. The molecule has 0 saturated heterocycles. The Morgan fingerprint density at radius 1 is 1.46 bits per heavy atom. The molecule has 0 radical (unpaired) electrons. The second-order valence-corrected chi connectivity index (χ2v) is 2.89. The van der Waals surface area contributed by atoms with E-state index in [0.29, 0.717) is 6.42 Å². The Labute approximate surface area is 78.6 Å². The highest BCUT2D eigenvalue weighted by atomic mass is 16.5. The van der Waals surface area contributed by atoms with Crippen molar-refractivity contribution in [2.24, 2.45) is 0 Å². The summed E-state index contributed by atoms with van der Waals surface area (Å²) in [6.45, 7) is 0. The van der Waals surface area contributed by atoms with Crippen LogP contribution in [0.3, 0.4) is 0 Å². The van der Waals surface area contributed by atoms with Crippen molar-refractivity contribution in [3.05, 3.63) is 36.0 Å². The van der Waals surface area contributed by atoms with Crippen molar-refractivity contribution < 1.29 is 9.53 Å². The van der Waals surface area contributed by atoms with Gasteiger partial charge in [-0.25, -0.2) is 0 Å². The van der Waals surface area contributed by atoms with Crippen molar-refractivity contribution >= 4 is 5.97 Å². The summed E-state index contributed by atoms with van der Waals surface area (Å²) in [5, 5.41) is 0. The Kier molecular flexibility index (Phi) is 4.03. The molecule has 0 amide bonds.